The molecule has 142 valence electrons. The van der Waals surface area contributed by atoms with E-state index in [1.54, 1.807) is 0 Å². The summed E-state index contributed by atoms with van der Waals surface area (Å²) in [6.45, 7) is 0. The summed E-state index contributed by atoms with van der Waals surface area (Å²) in [5.41, 5.74) is -6.52. The van der Waals surface area contributed by atoms with Crippen LogP contribution in [0.3, 0.4) is 0 Å². The zero-order valence-corrected chi connectivity index (χ0v) is 13.5. The molecule has 1 N–H and O–H groups in total. The number of ether oxygens (including phenoxy) is 2. The van der Waals surface area contributed by atoms with Gasteiger partial charge in [0.05, 0.1) is 22.3 Å². The highest BCUT2D eigenvalue weighted by atomic mass is 19.4. The third-order valence-electron chi connectivity index (χ3n) is 4.54. The van der Waals surface area contributed by atoms with Crippen LogP contribution in [0.5, 0.6) is 0 Å². The standard InChI is InChI=1S/C18H7F3O7/c19-18(20,21)17(26,7-1-3-9-11(5-7)15(24)27-13(9)22)8-2-4-10-12(6-8)16(25)28-14(10)23/h1-6,26H. The minimum absolute atomic E-state index is 0.235. The van der Waals surface area contributed by atoms with Gasteiger partial charge in [0.1, 0.15) is 0 Å². The molecule has 2 aromatic rings. The molecule has 0 unspecified atom stereocenters. The van der Waals surface area contributed by atoms with Crippen LogP contribution in [0.4, 0.5) is 13.2 Å². The van der Waals surface area contributed by atoms with Gasteiger partial charge >= 0.3 is 30.1 Å². The van der Waals surface area contributed by atoms with E-state index < -0.39 is 57.9 Å². The van der Waals surface area contributed by atoms with Crippen molar-refractivity contribution >= 4 is 23.9 Å². The fourth-order valence-corrected chi connectivity index (χ4v) is 3.11. The number of hydrogen-bond donors (Lipinski definition) is 1. The van der Waals surface area contributed by atoms with Crippen molar-refractivity contribution in [2.45, 2.75) is 11.8 Å². The first-order valence-corrected chi connectivity index (χ1v) is 7.65. The number of hydrogen-bond acceptors (Lipinski definition) is 7. The highest BCUT2D eigenvalue weighted by Gasteiger charge is 2.57. The number of carbonyl (C=O) groups excluding carboxylic acids is 4. The minimum Gasteiger partial charge on any atom is -0.386 e. The van der Waals surface area contributed by atoms with E-state index in [4.69, 9.17) is 0 Å². The Morgan fingerprint density at radius 1 is 0.643 bits per heavy atom. The first-order chi connectivity index (χ1) is 13.0. The number of aliphatic hydroxyl groups is 1. The van der Waals surface area contributed by atoms with Gasteiger partial charge in [-0.15, -0.1) is 0 Å². The molecular formula is C18H7F3O7. The molecule has 10 heteroatoms. The summed E-state index contributed by atoms with van der Waals surface area (Å²) >= 11 is 0. The third kappa shape index (κ3) is 2.28. The third-order valence-corrected chi connectivity index (χ3v) is 4.54. The summed E-state index contributed by atoms with van der Waals surface area (Å²) in [6, 6.07) is 4.91. The van der Waals surface area contributed by atoms with Gasteiger partial charge < -0.3 is 14.6 Å². The van der Waals surface area contributed by atoms with E-state index in [0.29, 0.717) is 12.1 Å². The van der Waals surface area contributed by atoms with E-state index in [2.05, 4.69) is 9.47 Å². The molecule has 0 amide bonds. The van der Waals surface area contributed by atoms with Crippen LogP contribution >= 0.6 is 0 Å². The van der Waals surface area contributed by atoms with Gasteiger partial charge in [-0.25, -0.2) is 19.2 Å². The highest BCUT2D eigenvalue weighted by Crippen LogP contribution is 2.45. The topological polar surface area (TPSA) is 107 Å². The summed E-state index contributed by atoms with van der Waals surface area (Å²) in [4.78, 5) is 46.3. The summed E-state index contributed by atoms with van der Waals surface area (Å²) in [5.74, 6) is -4.31. The van der Waals surface area contributed by atoms with Crippen molar-refractivity contribution in [3.63, 3.8) is 0 Å². The van der Waals surface area contributed by atoms with Crippen LogP contribution in [-0.2, 0) is 15.1 Å². The number of alkyl halides is 3. The zero-order valence-electron chi connectivity index (χ0n) is 13.5. The lowest BCUT2D eigenvalue weighted by Gasteiger charge is -2.31. The fourth-order valence-electron chi connectivity index (χ4n) is 3.11. The van der Waals surface area contributed by atoms with Crippen molar-refractivity contribution in [1.82, 2.24) is 0 Å². The Bertz CT molecular complexity index is 1020. The molecule has 0 atom stereocenters. The Balaban J connectivity index is 1.93. The Morgan fingerprint density at radius 2 is 1.00 bits per heavy atom. The molecule has 2 heterocycles. The van der Waals surface area contributed by atoms with E-state index in [0.717, 1.165) is 24.3 Å². The Morgan fingerprint density at radius 3 is 1.36 bits per heavy atom. The van der Waals surface area contributed by atoms with Crippen molar-refractivity contribution in [1.29, 1.82) is 0 Å². The average Bonchev–Trinajstić information content (AvgIpc) is 3.08. The second kappa shape index (κ2) is 5.49. The number of cyclic esters (lactones) is 4. The molecule has 0 fully saturated rings. The summed E-state index contributed by atoms with van der Waals surface area (Å²) in [7, 11) is 0. The molecule has 0 bridgehead atoms. The van der Waals surface area contributed by atoms with E-state index in [1.165, 1.54) is 0 Å². The molecule has 0 aromatic heterocycles. The van der Waals surface area contributed by atoms with E-state index in [1.807, 2.05) is 0 Å². The van der Waals surface area contributed by atoms with E-state index in [9.17, 15) is 37.5 Å². The summed E-state index contributed by atoms with van der Waals surface area (Å²) in [6.07, 6.45) is -5.28. The number of fused-ring (bicyclic) bond motifs is 2. The first kappa shape index (κ1) is 17.9. The molecule has 0 spiro atoms. The maximum Gasteiger partial charge on any atom is 0.425 e. The second-order valence-corrected chi connectivity index (χ2v) is 6.08. The van der Waals surface area contributed by atoms with Crippen LogP contribution in [-0.4, -0.2) is 35.2 Å². The van der Waals surface area contributed by atoms with Gasteiger partial charge in [0.2, 0.25) is 5.60 Å². The number of benzene rings is 2. The quantitative estimate of drug-likeness (QED) is 0.616. The Kier molecular flexibility index (Phi) is 3.50. The van der Waals surface area contributed by atoms with Crippen LogP contribution < -0.4 is 0 Å². The molecule has 2 aromatic carbocycles. The first-order valence-electron chi connectivity index (χ1n) is 7.65. The maximum absolute atomic E-state index is 13.9. The minimum atomic E-state index is -5.28. The van der Waals surface area contributed by atoms with Gasteiger partial charge in [0, 0.05) is 0 Å². The Labute approximate surface area is 153 Å². The van der Waals surface area contributed by atoms with Crippen molar-refractivity contribution in [3.05, 3.63) is 69.8 Å². The van der Waals surface area contributed by atoms with Gasteiger partial charge in [-0.1, -0.05) is 12.1 Å². The molecule has 0 aliphatic carbocycles. The SMILES string of the molecule is O=C1OC(=O)c2cc(C(O)(c3ccc4c(c3)C(=O)OC4=O)C(F)(F)F)ccc21. The van der Waals surface area contributed by atoms with Crippen molar-refractivity contribution in [2.75, 3.05) is 0 Å². The monoisotopic (exact) mass is 392 g/mol. The maximum atomic E-state index is 13.9. The molecule has 2 aliphatic rings. The normalized spacial score (nSPS) is 16.0. The van der Waals surface area contributed by atoms with Crippen molar-refractivity contribution in [3.8, 4) is 0 Å². The molecule has 7 nitrogen and oxygen atoms in total. The van der Waals surface area contributed by atoms with Gasteiger partial charge in [-0.2, -0.15) is 13.2 Å². The molecule has 0 saturated heterocycles. The van der Waals surface area contributed by atoms with Gasteiger partial charge in [-0.3, -0.25) is 0 Å². The smallest absolute Gasteiger partial charge is 0.386 e. The lowest BCUT2D eigenvalue weighted by molar-refractivity contribution is -0.248. The molecule has 2 aliphatic heterocycles. The Hall–Kier alpha value is -3.53. The molecule has 0 saturated carbocycles. The fraction of sp³-hybridized carbons (Fsp3) is 0.111. The van der Waals surface area contributed by atoms with Crippen LogP contribution in [0.25, 0.3) is 0 Å². The van der Waals surface area contributed by atoms with Gasteiger partial charge in [0.25, 0.3) is 0 Å². The van der Waals surface area contributed by atoms with Gasteiger partial charge in [0.15, 0.2) is 0 Å². The van der Waals surface area contributed by atoms with Crippen LogP contribution in [0.1, 0.15) is 52.6 Å². The lowest BCUT2D eigenvalue weighted by atomic mass is 9.83. The van der Waals surface area contributed by atoms with Gasteiger partial charge in [-0.05, 0) is 35.4 Å². The molecule has 4 rings (SSSR count). The van der Waals surface area contributed by atoms with Crippen LogP contribution in [0.2, 0.25) is 0 Å². The van der Waals surface area contributed by atoms with Crippen LogP contribution in [0, 0.1) is 0 Å². The number of rotatable bonds is 2. The largest absolute Gasteiger partial charge is 0.425 e. The van der Waals surface area contributed by atoms with Crippen LogP contribution in [0.15, 0.2) is 36.4 Å². The number of carbonyl (C=O) groups is 4. The summed E-state index contributed by atoms with van der Waals surface area (Å²) in [5, 5.41) is 10.7. The van der Waals surface area contributed by atoms with E-state index >= 15 is 0 Å². The predicted molar refractivity (Wildman–Crippen MR) is 81.4 cm³/mol. The second-order valence-electron chi connectivity index (χ2n) is 6.08. The predicted octanol–water partition coefficient (Wildman–Crippen LogP) is 2.11. The molecular weight excluding hydrogens is 385 g/mol. The van der Waals surface area contributed by atoms with Crippen molar-refractivity contribution in [2.24, 2.45) is 0 Å². The zero-order chi connectivity index (χ0) is 20.4. The molecule has 0 radical (unpaired) electrons. The summed E-state index contributed by atoms with van der Waals surface area (Å²) < 4.78 is 50.4. The average molecular weight is 392 g/mol. The highest BCUT2D eigenvalue weighted by molar-refractivity contribution is 6.15. The van der Waals surface area contributed by atoms with E-state index in [-0.39, 0.29) is 11.1 Å². The van der Waals surface area contributed by atoms with Crippen molar-refractivity contribution < 1.29 is 46.9 Å². The number of esters is 4. The molecule has 28 heavy (non-hydrogen) atoms. The number of halogens is 3. The lowest BCUT2D eigenvalue weighted by Crippen LogP contribution is -2.43.